The van der Waals surface area contributed by atoms with E-state index in [4.69, 9.17) is 4.74 Å². The molecule has 44 heavy (non-hydrogen) atoms. The molecule has 0 heterocycles. The lowest BCUT2D eigenvalue weighted by atomic mass is 9.35. The highest BCUT2D eigenvalue weighted by atomic mass is 16.5. The summed E-state index contributed by atoms with van der Waals surface area (Å²) >= 11 is 0. The van der Waals surface area contributed by atoms with E-state index in [0.717, 1.165) is 38.5 Å². The number of phenolic OH excluding ortho intramolecular Hbond substituents is 2. The number of hydrogen-bond donors (Lipinski definition) is 3. The number of aliphatic hydroxyl groups is 1. The fourth-order valence-electron chi connectivity index (χ4n) is 11.5. The number of aromatic hydroxyl groups is 2. The van der Waals surface area contributed by atoms with E-state index in [9.17, 15) is 20.1 Å². The Morgan fingerprint density at radius 1 is 0.932 bits per heavy atom. The summed E-state index contributed by atoms with van der Waals surface area (Å²) in [6.45, 7) is 18.8. The topological polar surface area (TPSA) is 87.0 Å². The van der Waals surface area contributed by atoms with E-state index in [1.54, 1.807) is 12.1 Å². The van der Waals surface area contributed by atoms with Crippen molar-refractivity contribution in [3.05, 3.63) is 41.5 Å². The van der Waals surface area contributed by atoms with Crippen LogP contribution in [0.2, 0.25) is 0 Å². The van der Waals surface area contributed by atoms with Crippen LogP contribution in [0.3, 0.4) is 0 Å². The maximum atomic E-state index is 13.0. The number of hydrogen-bond acceptors (Lipinski definition) is 5. The molecule has 1 aromatic carbocycles. The number of carbonyl (C=O) groups is 1. The highest BCUT2D eigenvalue weighted by Crippen LogP contribution is 2.76. The van der Waals surface area contributed by atoms with Gasteiger partial charge in [0, 0.05) is 11.5 Å². The van der Waals surface area contributed by atoms with Crippen molar-refractivity contribution in [1.29, 1.82) is 0 Å². The third kappa shape index (κ3) is 5.43. The van der Waals surface area contributed by atoms with E-state index in [0.29, 0.717) is 29.2 Å². The Morgan fingerprint density at radius 2 is 1.64 bits per heavy atom. The second kappa shape index (κ2) is 11.5. The first-order chi connectivity index (χ1) is 20.5. The Labute approximate surface area is 266 Å². The monoisotopic (exact) mass is 606 g/mol. The first-order valence-corrected chi connectivity index (χ1v) is 17.2. The number of benzene rings is 1. The molecule has 5 nitrogen and oxygen atoms in total. The van der Waals surface area contributed by atoms with Crippen molar-refractivity contribution >= 4 is 12.0 Å². The summed E-state index contributed by atoms with van der Waals surface area (Å²) in [5.74, 6) is 1.28. The highest BCUT2D eigenvalue weighted by molar-refractivity contribution is 5.87. The van der Waals surface area contributed by atoms with Crippen molar-refractivity contribution < 1.29 is 24.9 Å². The van der Waals surface area contributed by atoms with Crippen molar-refractivity contribution in [2.45, 2.75) is 131 Å². The van der Waals surface area contributed by atoms with Crippen molar-refractivity contribution in [3.63, 3.8) is 0 Å². The van der Waals surface area contributed by atoms with Gasteiger partial charge in [-0.15, -0.1) is 0 Å². The molecule has 5 heteroatoms. The van der Waals surface area contributed by atoms with Crippen LogP contribution in [0.4, 0.5) is 0 Å². The Balaban J connectivity index is 1.31. The minimum Gasteiger partial charge on any atom is -0.504 e. The van der Waals surface area contributed by atoms with Gasteiger partial charge in [0.1, 0.15) is 6.10 Å². The predicted octanol–water partition coefficient (Wildman–Crippen LogP) is 9.21. The molecule has 5 rings (SSSR count). The lowest BCUT2D eigenvalue weighted by Gasteiger charge is -2.70. The Hall–Kier alpha value is -2.27. The molecule has 0 amide bonds. The average molecular weight is 607 g/mol. The lowest BCUT2D eigenvalue weighted by molar-refractivity contribution is -0.229. The zero-order valence-electron chi connectivity index (χ0n) is 28.6. The van der Waals surface area contributed by atoms with Crippen molar-refractivity contribution in [2.75, 3.05) is 0 Å². The van der Waals surface area contributed by atoms with Gasteiger partial charge in [0.15, 0.2) is 11.5 Å². The standard InChI is InChI=1S/C39H58O5/c1-25(2)10-9-20-39(8,43)28-17-22-37(6)27(28)13-15-32-36(5)21-19-33(35(3,4)31(36)18-23-38(32,37)7)44-34(42)16-12-26-11-14-29(40)30(41)24-26/h10-12,14,16,24,27-28,31-33,40-41,43H,9,13,15,17-23H2,1-8H3/b16-12+/t27-,28+,31+,32-,33?,36+,37-,38-,39+/m1/s1. The van der Waals surface area contributed by atoms with Gasteiger partial charge in [-0.2, -0.15) is 0 Å². The maximum Gasteiger partial charge on any atom is 0.331 e. The molecule has 0 spiro atoms. The summed E-state index contributed by atoms with van der Waals surface area (Å²) in [4.78, 5) is 13.0. The minimum atomic E-state index is -0.625. The second-order valence-corrected chi connectivity index (χ2v) is 16.9. The number of ether oxygens (including phenoxy) is 1. The van der Waals surface area contributed by atoms with Gasteiger partial charge in [-0.05, 0) is 149 Å². The number of rotatable bonds is 7. The number of allylic oxidation sites excluding steroid dienone is 2. The van der Waals surface area contributed by atoms with E-state index in [1.165, 1.54) is 49.5 Å². The van der Waals surface area contributed by atoms with E-state index >= 15 is 0 Å². The van der Waals surface area contributed by atoms with Crippen molar-refractivity contribution in [1.82, 2.24) is 0 Å². The first-order valence-electron chi connectivity index (χ1n) is 17.2. The largest absolute Gasteiger partial charge is 0.504 e. The van der Waals surface area contributed by atoms with Crippen LogP contribution >= 0.6 is 0 Å². The molecule has 4 fully saturated rings. The minimum absolute atomic E-state index is 0.140. The van der Waals surface area contributed by atoms with E-state index < -0.39 is 5.60 Å². The number of phenols is 2. The molecule has 0 radical (unpaired) electrons. The summed E-state index contributed by atoms with van der Waals surface area (Å²) in [5.41, 5.74) is 1.86. The number of esters is 1. The normalized spacial score (nSPS) is 39.1. The fraction of sp³-hybridized carbons (Fsp3) is 0.718. The third-order valence-corrected chi connectivity index (χ3v) is 14.0. The summed E-state index contributed by atoms with van der Waals surface area (Å²) in [7, 11) is 0. The van der Waals surface area contributed by atoms with Crippen LogP contribution in [0.15, 0.2) is 35.9 Å². The fourth-order valence-corrected chi connectivity index (χ4v) is 11.5. The Kier molecular flexibility index (Phi) is 8.66. The van der Waals surface area contributed by atoms with Crippen LogP contribution in [0.1, 0.15) is 125 Å². The van der Waals surface area contributed by atoms with Gasteiger partial charge in [0.25, 0.3) is 0 Å². The first kappa shape index (κ1) is 33.1. The van der Waals surface area contributed by atoms with Crippen LogP contribution in [-0.2, 0) is 9.53 Å². The molecule has 3 N–H and O–H groups in total. The molecule has 4 saturated carbocycles. The molecule has 4 aliphatic carbocycles. The zero-order chi connectivity index (χ0) is 32.3. The van der Waals surface area contributed by atoms with Crippen LogP contribution in [-0.4, -0.2) is 33.0 Å². The van der Waals surface area contributed by atoms with Crippen LogP contribution < -0.4 is 0 Å². The Bertz CT molecular complexity index is 1300. The summed E-state index contributed by atoms with van der Waals surface area (Å²) in [6, 6.07) is 4.50. The molecule has 0 aliphatic heterocycles. The third-order valence-electron chi connectivity index (χ3n) is 14.0. The van der Waals surface area contributed by atoms with E-state index in [-0.39, 0.29) is 45.2 Å². The maximum absolute atomic E-state index is 13.0. The van der Waals surface area contributed by atoms with Crippen LogP contribution in [0.25, 0.3) is 6.08 Å². The van der Waals surface area contributed by atoms with Crippen LogP contribution in [0, 0.1) is 45.3 Å². The summed E-state index contributed by atoms with van der Waals surface area (Å²) < 4.78 is 6.16. The van der Waals surface area contributed by atoms with Gasteiger partial charge < -0.3 is 20.1 Å². The SMILES string of the molecule is CC(C)=CCC[C@](C)(O)[C@H]1CC[C@]2(C)[C@@H]1CC[C@@H]1[C@@]3(C)CCC(OC(=O)/C=C/c4ccc(O)c(O)c4)C(C)(C)[C@@H]3CC[C@]12C. The molecule has 1 unspecified atom stereocenters. The van der Waals surface area contributed by atoms with Gasteiger partial charge in [-0.1, -0.05) is 52.3 Å². The molecule has 1 aromatic rings. The van der Waals surface area contributed by atoms with Gasteiger partial charge in [0.2, 0.25) is 0 Å². The smallest absolute Gasteiger partial charge is 0.331 e. The lowest BCUT2D eigenvalue weighted by Crippen LogP contribution is -2.64. The molecule has 4 aliphatic rings. The molecular formula is C39H58O5. The molecule has 0 aromatic heterocycles. The molecule has 244 valence electrons. The van der Waals surface area contributed by atoms with Gasteiger partial charge in [-0.25, -0.2) is 4.79 Å². The predicted molar refractivity (Wildman–Crippen MR) is 177 cm³/mol. The molecule has 9 atom stereocenters. The quantitative estimate of drug-likeness (QED) is 0.125. The van der Waals surface area contributed by atoms with Crippen molar-refractivity contribution in [2.24, 2.45) is 45.3 Å². The number of carbonyl (C=O) groups excluding carboxylic acids is 1. The van der Waals surface area contributed by atoms with Gasteiger partial charge in [0.05, 0.1) is 5.60 Å². The molecule has 0 saturated heterocycles. The van der Waals surface area contributed by atoms with E-state index in [1.807, 2.05) is 0 Å². The summed E-state index contributed by atoms with van der Waals surface area (Å²) in [5, 5.41) is 31.1. The zero-order valence-corrected chi connectivity index (χ0v) is 28.6. The van der Waals surface area contributed by atoms with Gasteiger partial charge >= 0.3 is 5.97 Å². The average Bonchev–Trinajstić information content (AvgIpc) is 3.30. The molecular weight excluding hydrogens is 548 g/mol. The van der Waals surface area contributed by atoms with Crippen molar-refractivity contribution in [3.8, 4) is 11.5 Å². The number of fused-ring (bicyclic) bond motifs is 5. The van der Waals surface area contributed by atoms with Gasteiger partial charge in [-0.3, -0.25) is 0 Å². The highest BCUT2D eigenvalue weighted by Gasteiger charge is 2.69. The second-order valence-electron chi connectivity index (χ2n) is 16.9. The molecule has 0 bridgehead atoms. The van der Waals surface area contributed by atoms with E-state index in [2.05, 4.69) is 61.5 Å². The summed E-state index contributed by atoms with van der Waals surface area (Å²) in [6.07, 6.45) is 16.0. The van der Waals surface area contributed by atoms with Crippen LogP contribution in [0.5, 0.6) is 11.5 Å². The Morgan fingerprint density at radius 3 is 2.32 bits per heavy atom.